The lowest BCUT2D eigenvalue weighted by Gasteiger charge is -2.19. The molecule has 10 aromatic rings. The van der Waals surface area contributed by atoms with Gasteiger partial charge < -0.3 is 8.98 Å². The Kier molecular flexibility index (Phi) is 7.96. The topological polar surface area (TPSA) is 56.7 Å². The van der Waals surface area contributed by atoms with Crippen LogP contribution in [0.4, 0.5) is 0 Å². The number of fused-ring (bicyclic) bond motifs is 6. The van der Waals surface area contributed by atoms with Crippen molar-refractivity contribution in [1.82, 2.24) is 19.5 Å². The molecule has 0 atom stereocenters. The molecule has 11 heteroatoms. The van der Waals surface area contributed by atoms with Crippen LogP contribution in [0.25, 0.3) is 94.7 Å². The highest BCUT2D eigenvalue weighted by atomic mass is 16.3. The smallest absolute Gasteiger partial charge is 0.164 e. The Bertz CT molecular complexity index is 3150. The first kappa shape index (κ1) is 34.1. The van der Waals surface area contributed by atoms with E-state index in [0.29, 0.717) is 17.5 Å². The second-order valence-corrected chi connectivity index (χ2v) is 15.0. The van der Waals surface area contributed by atoms with E-state index in [9.17, 15) is 0 Å². The van der Waals surface area contributed by atoms with Gasteiger partial charge in [-0.2, -0.15) is 0 Å². The predicted octanol–water partition coefficient (Wildman–Crippen LogP) is 1.09. The minimum absolute atomic E-state index is 0.632. The van der Waals surface area contributed by atoms with Crippen molar-refractivity contribution >= 4 is 124 Å². The molecule has 3 heterocycles. The predicted molar refractivity (Wildman–Crippen MR) is 252 cm³/mol. The largest absolute Gasteiger partial charge is 0.457 e. The summed E-state index contributed by atoms with van der Waals surface area (Å²) >= 11 is 0. The van der Waals surface area contributed by atoms with Crippen molar-refractivity contribution in [2.45, 2.75) is 0 Å². The molecular formula is C45H34B6N4O. The molecule has 0 amide bonds. The van der Waals surface area contributed by atoms with Gasteiger partial charge in [0.15, 0.2) is 17.5 Å². The second kappa shape index (κ2) is 13.1. The van der Waals surface area contributed by atoms with Gasteiger partial charge >= 0.3 is 0 Å². The standard InChI is InChI=1S/C45H34B6N4O/c46-34-31-32-36(48)40(55-29-17-9-7-15-27(29)28-16-8-10-18-30(28)55)38(50)39(51)42(32)56-41(31)37(49)33(35(34)47)45-53-43(25-13-5-2-6-14-25)52-44(54-45)26-21-19-24(20-22-26)23-11-3-1-4-12-23/h1-22H,46-51H2. The molecule has 0 unspecified atom stereocenters. The number of nitrogens with zero attached hydrogens (tertiary/aromatic N) is 4. The molecular weight excluding hydrogens is 677 g/mol. The van der Waals surface area contributed by atoms with Crippen LogP contribution in [0.15, 0.2) is 138 Å². The highest BCUT2D eigenvalue weighted by Crippen LogP contribution is 2.33. The van der Waals surface area contributed by atoms with E-state index in [2.05, 4.69) is 161 Å². The number of hydrogen-bond donors (Lipinski definition) is 0. The molecule has 0 aliphatic heterocycles. The minimum Gasteiger partial charge on any atom is -0.457 e. The minimum atomic E-state index is 0.632. The molecule has 56 heavy (non-hydrogen) atoms. The Morgan fingerprint density at radius 1 is 0.375 bits per heavy atom. The molecule has 0 saturated carbocycles. The Labute approximate surface area is 330 Å². The van der Waals surface area contributed by atoms with Crippen molar-refractivity contribution in [3.63, 3.8) is 0 Å². The molecule has 0 N–H and O–H groups in total. The zero-order chi connectivity index (χ0) is 38.2. The number of hydrogen-bond acceptors (Lipinski definition) is 4. The van der Waals surface area contributed by atoms with E-state index in [-0.39, 0.29) is 0 Å². The van der Waals surface area contributed by atoms with Gasteiger partial charge in [0.05, 0.1) is 11.0 Å². The van der Waals surface area contributed by atoms with Gasteiger partial charge in [-0.15, -0.1) is 0 Å². The molecule has 0 radical (unpaired) electrons. The van der Waals surface area contributed by atoms with Crippen LogP contribution in [-0.2, 0) is 0 Å². The lowest BCUT2D eigenvalue weighted by atomic mass is 9.68. The number of rotatable bonds is 5. The van der Waals surface area contributed by atoms with Gasteiger partial charge in [-0.1, -0.05) is 149 Å². The summed E-state index contributed by atoms with van der Waals surface area (Å²) in [4.78, 5) is 15.4. The number of benzene rings is 7. The van der Waals surface area contributed by atoms with Crippen molar-refractivity contribution in [3.8, 4) is 51.0 Å². The van der Waals surface area contributed by atoms with Crippen LogP contribution in [0.5, 0.6) is 0 Å². The zero-order valence-electron chi connectivity index (χ0n) is 32.4. The summed E-state index contributed by atoms with van der Waals surface area (Å²) in [5.41, 5.74) is 17.4. The SMILES string of the molecule is Bc1c(-n2c3ccccc3c3ccccc32)c(B)c2c(oc3c(B)c(-c4nc(-c5ccccc5)nc(-c5ccc(-c6ccccc6)cc5)n4)c(B)c(B)c32)c1B. The number of furan rings is 1. The summed E-state index contributed by atoms with van der Waals surface area (Å²) < 4.78 is 9.48. The first-order valence-electron chi connectivity index (χ1n) is 19.2. The summed E-state index contributed by atoms with van der Waals surface area (Å²) in [6.45, 7) is 0. The Balaban J connectivity index is 1.21. The first-order chi connectivity index (χ1) is 27.3. The maximum atomic E-state index is 7.03. The van der Waals surface area contributed by atoms with Crippen molar-refractivity contribution in [2.75, 3.05) is 0 Å². The molecule has 10 rings (SSSR count). The highest BCUT2D eigenvalue weighted by molar-refractivity contribution is 6.64. The molecule has 0 spiro atoms. The lowest BCUT2D eigenvalue weighted by Crippen LogP contribution is -2.37. The van der Waals surface area contributed by atoms with Crippen LogP contribution in [0.2, 0.25) is 0 Å². The lowest BCUT2D eigenvalue weighted by molar-refractivity contribution is 0.674. The summed E-state index contributed by atoms with van der Waals surface area (Å²) in [6.07, 6.45) is 0. The van der Waals surface area contributed by atoms with Crippen molar-refractivity contribution in [2.24, 2.45) is 0 Å². The third-order valence-electron chi connectivity index (χ3n) is 11.9. The van der Waals surface area contributed by atoms with Crippen molar-refractivity contribution in [3.05, 3.63) is 133 Å². The average molecular weight is 712 g/mol. The van der Waals surface area contributed by atoms with Gasteiger partial charge in [0, 0.05) is 43.9 Å². The van der Waals surface area contributed by atoms with Gasteiger partial charge in [0.25, 0.3) is 0 Å². The Morgan fingerprint density at radius 2 is 0.821 bits per heavy atom. The van der Waals surface area contributed by atoms with Gasteiger partial charge in [-0.05, 0) is 28.7 Å². The Morgan fingerprint density at radius 3 is 1.43 bits per heavy atom. The van der Waals surface area contributed by atoms with E-state index in [4.69, 9.17) is 19.4 Å². The van der Waals surface area contributed by atoms with E-state index < -0.39 is 0 Å². The zero-order valence-corrected chi connectivity index (χ0v) is 32.4. The molecule has 0 saturated heterocycles. The fraction of sp³-hybridized carbons (Fsp3) is 0. The number of para-hydroxylation sites is 2. The highest BCUT2D eigenvalue weighted by Gasteiger charge is 2.26. The maximum Gasteiger partial charge on any atom is 0.164 e. The van der Waals surface area contributed by atoms with E-state index >= 15 is 0 Å². The third kappa shape index (κ3) is 5.14. The monoisotopic (exact) mass is 712 g/mol. The van der Waals surface area contributed by atoms with Crippen LogP contribution in [0, 0.1) is 0 Å². The quantitative estimate of drug-likeness (QED) is 0.251. The fourth-order valence-corrected chi connectivity index (χ4v) is 8.80. The summed E-state index contributed by atoms with van der Waals surface area (Å²) in [5, 5.41) is 4.82. The first-order valence-corrected chi connectivity index (χ1v) is 19.2. The number of aromatic nitrogens is 4. The Hall–Kier alpha value is -6.46. The van der Waals surface area contributed by atoms with Crippen LogP contribution >= 0.6 is 0 Å². The normalized spacial score (nSPS) is 11.6. The van der Waals surface area contributed by atoms with E-state index in [1.165, 1.54) is 44.0 Å². The van der Waals surface area contributed by atoms with Gasteiger partial charge in [-0.25, -0.2) is 15.0 Å². The van der Waals surface area contributed by atoms with E-state index in [1.54, 1.807) is 0 Å². The summed E-state index contributed by atoms with van der Waals surface area (Å²) in [5.74, 6) is 1.90. The van der Waals surface area contributed by atoms with Gasteiger partial charge in [0.2, 0.25) is 0 Å². The molecule has 258 valence electrons. The van der Waals surface area contributed by atoms with Crippen LogP contribution in [0.3, 0.4) is 0 Å². The molecule has 0 aliphatic rings. The van der Waals surface area contributed by atoms with Crippen molar-refractivity contribution in [1.29, 1.82) is 0 Å². The summed E-state index contributed by atoms with van der Waals surface area (Å²) in [6, 6.07) is 46.5. The van der Waals surface area contributed by atoms with E-state index in [1.807, 2.05) is 24.3 Å². The van der Waals surface area contributed by atoms with Crippen LogP contribution in [0.1, 0.15) is 0 Å². The summed E-state index contributed by atoms with van der Waals surface area (Å²) in [7, 11) is 13.2. The average Bonchev–Trinajstić information content (AvgIpc) is 3.81. The van der Waals surface area contributed by atoms with Crippen molar-refractivity contribution < 1.29 is 4.42 Å². The molecule has 5 nitrogen and oxygen atoms in total. The molecule has 0 bridgehead atoms. The fourth-order valence-electron chi connectivity index (χ4n) is 8.80. The van der Waals surface area contributed by atoms with Gasteiger partial charge in [0.1, 0.15) is 58.2 Å². The van der Waals surface area contributed by atoms with Crippen LogP contribution < -0.4 is 32.8 Å². The second-order valence-electron chi connectivity index (χ2n) is 15.0. The van der Waals surface area contributed by atoms with E-state index in [0.717, 1.165) is 66.0 Å². The van der Waals surface area contributed by atoms with Gasteiger partial charge in [-0.3, -0.25) is 0 Å². The molecule has 3 aromatic heterocycles. The molecule has 7 aromatic carbocycles. The maximum absolute atomic E-state index is 7.03. The van der Waals surface area contributed by atoms with Crippen LogP contribution in [-0.4, -0.2) is 66.6 Å². The third-order valence-corrected chi connectivity index (χ3v) is 11.9. The molecule has 0 aliphatic carbocycles. The molecule has 0 fully saturated rings.